The number of carbonyl (C=O) groups is 3. The predicted octanol–water partition coefficient (Wildman–Crippen LogP) is 9.32. The summed E-state index contributed by atoms with van der Waals surface area (Å²) < 4.78 is 55.8. The molecule has 14 nitrogen and oxygen atoms in total. The highest BCUT2D eigenvalue weighted by atomic mass is 19.3. The molecule has 3 aliphatic heterocycles. The van der Waals surface area contributed by atoms with Crippen LogP contribution in [0, 0.1) is 0 Å². The number of H-pyrrole nitrogens is 2. The Morgan fingerprint density at radius 2 is 1.52 bits per heavy atom. The molecular formula is C49H49F2N7O7. The molecular weight excluding hydrogens is 837 g/mol. The minimum absolute atomic E-state index is 0.0908. The van der Waals surface area contributed by atoms with Crippen LogP contribution >= 0.6 is 0 Å². The Morgan fingerprint density at radius 3 is 2.25 bits per heavy atom. The summed E-state index contributed by atoms with van der Waals surface area (Å²) >= 11 is 0. The van der Waals surface area contributed by atoms with Crippen LogP contribution in [0.5, 0.6) is 0 Å². The second kappa shape index (κ2) is 16.1. The topological polar surface area (TPSA) is 164 Å². The van der Waals surface area contributed by atoms with E-state index < -0.39 is 41.6 Å². The average Bonchev–Trinajstić information content (AvgIpc) is 4.16. The van der Waals surface area contributed by atoms with Crippen molar-refractivity contribution in [2.75, 3.05) is 33.4 Å². The third kappa shape index (κ3) is 7.77. The number of aromatic amines is 2. The second-order valence-electron chi connectivity index (χ2n) is 18.1. The number of nitrogens with zero attached hydrogens (tertiary/aromatic N) is 4. The molecule has 65 heavy (non-hydrogen) atoms. The predicted molar refractivity (Wildman–Crippen MR) is 236 cm³/mol. The molecule has 0 saturated carbocycles. The number of rotatable bonds is 7. The summed E-state index contributed by atoms with van der Waals surface area (Å²) in [5, 5.41) is 2.71. The third-order valence-corrected chi connectivity index (χ3v) is 12.8. The highest BCUT2D eigenvalue weighted by Crippen LogP contribution is 2.53. The van der Waals surface area contributed by atoms with E-state index in [1.807, 2.05) is 57.2 Å². The largest absolute Gasteiger partial charge is 0.453 e. The number of alkyl carbamates (subject to hydrolysis) is 1. The molecule has 6 aromatic rings. The standard InChI is InChI=1S/C49H49F2N7O7/c1-47(2,3)65-46(61)57-20-8-11-39(57)42-52-26-38(55-42)31-13-16-33-32-15-12-29(23-34(32)49(50,51)35(33)24-31)30-14-17-36-37(25-30)54-43(53-36)40-18-19-48(63-21-22-64-48)27-58(40)44(59)41(56-45(60)62-4)28-9-6-5-7-10-28/h5-7,9-10,12-17,23-26,39-41H,8,11,18-22,27H2,1-4H3,(H,52,55)(H,53,54)(H,56,60)/t39?,40?,41-/m1/s1. The lowest BCUT2D eigenvalue weighted by atomic mass is 9.94. The number of alkyl halides is 2. The molecule has 5 heterocycles. The Balaban J connectivity index is 0.913. The lowest BCUT2D eigenvalue weighted by Crippen LogP contribution is -2.55. The molecule has 4 aliphatic rings. The maximum Gasteiger partial charge on any atom is 0.410 e. The van der Waals surface area contributed by atoms with Crippen LogP contribution in [-0.2, 0) is 29.7 Å². The van der Waals surface area contributed by atoms with Gasteiger partial charge in [0.05, 0.1) is 61.9 Å². The Bertz CT molecular complexity index is 2810. The number of piperidine rings is 1. The zero-order valence-electron chi connectivity index (χ0n) is 36.5. The fourth-order valence-electron chi connectivity index (χ4n) is 9.66. The van der Waals surface area contributed by atoms with Crippen molar-refractivity contribution in [2.24, 2.45) is 0 Å². The number of aromatic nitrogens is 4. The van der Waals surface area contributed by atoms with E-state index in [0.29, 0.717) is 101 Å². The number of hydrogen-bond donors (Lipinski definition) is 3. The van der Waals surface area contributed by atoms with Crippen LogP contribution in [0.2, 0.25) is 0 Å². The maximum atomic E-state index is 16.6. The van der Waals surface area contributed by atoms with Crippen LogP contribution in [-0.4, -0.2) is 92.6 Å². The van der Waals surface area contributed by atoms with Gasteiger partial charge in [-0.15, -0.1) is 0 Å². The van der Waals surface area contributed by atoms with Crippen LogP contribution in [0.25, 0.3) is 44.5 Å². The number of benzene rings is 4. The summed E-state index contributed by atoms with van der Waals surface area (Å²) in [6.07, 6.45) is 2.93. The highest BCUT2D eigenvalue weighted by molar-refractivity contribution is 5.89. The quantitative estimate of drug-likeness (QED) is 0.142. The minimum atomic E-state index is -3.29. The number of imidazole rings is 2. The lowest BCUT2D eigenvalue weighted by Gasteiger charge is -2.44. The van der Waals surface area contributed by atoms with Gasteiger partial charge >= 0.3 is 12.2 Å². The van der Waals surface area contributed by atoms with Gasteiger partial charge in [-0.1, -0.05) is 60.7 Å². The normalized spacial score (nSPS) is 20.2. The minimum Gasteiger partial charge on any atom is -0.453 e. The molecule has 10 rings (SSSR count). The summed E-state index contributed by atoms with van der Waals surface area (Å²) in [7, 11) is 1.24. The summed E-state index contributed by atoms with van der Waals surface area (Å²) in [6, 6.07) is 22.8. The van der Waals surface area contributed by atoms with E-state index in [-0.39, 0.29) is 29.6 Å². The Morgan fingerprint density at radius 1 is 0.846 bits per heavy atom. The van der Waals surface area contributed by atoms with Gasteiger partial charge in [0.2, 0.25) is 0 Å². The zero-order valence-corrected chi connectivity index (χ0v) is 36.5. The SMILES string of the molecule is COC(=O)N[C@@H](C(=O)N1CC2(CCC1c1nc3ccc(-c4ccc5c(c4)C(F)(F)c4cc(-c6cnc(C7CCCN7C(=O)OC(C)(C)C)[nH]6)ccc4-5)cc3[nH]1)OCCO2)c1ccccc1. The van der Waals surface area contributed by atoms with E-state index in [4.69, 9.17) is 23.9 Å². The van der Waals surface area contributed by atoms with Crippen LogP contribution < -0.4 is 5.32 Å². The summed E-state index contributed by atoms with van der Waals surface area (Å²) in [4.78, 5) is 59.6. The number of halogens is 2. The van der Waals surface area contributed by atoms with Crippen molar-refractivity contribution in [3.63, 3.8) is 0 Å². The maximum absolute atomic E-state index is 16.6. The molecule has 4 aromatic carbocycles. The van der Waals surface area contributed by atoms with Gasteiger partial charge in [-0.3, -0.25) is 9.69 Å². The van der Waals surface area contributed by atoms with Gasteiger partial charge in [0.1, 0.15) is 23.3 Å². The van der Waals surface area contributed by atoms with Crippen molar-refractivity contribution in [3.05, 3.63) is 119 Å². The number of hydrogen-bond acceptors (Lipinski definition) is 9. The summed E-state index contributed by atoms with van der Waals surface area (Å²) in [5.74, 6) is -3.54. The number of methoxy groups -OCH3 is 1. The molecule has 3 fully saturated rings. The van der Waals surface area contributed by atoms with Crippen LogP contribution in [0.4, 0.5) is 18.4 Å². The first kappa shape index (κ1) is 42.3. The molecule has 0 bridgehead atoms. The van der Waals surface area contributed by atoms with Crippen LogP contribution in [0.15, 0.2) is 91.1 Å². The fourth-order valence-corrected chi connectivity index (χ4v) is 9.66. The van der Waals surface area contributed by atoms with E-state index in [1.165, 1.54) is 13.2 Å². The van der Waals surface area contributed by atoms with Gasteiger partial charge < -0.3 is 39.1 Å². The lowest BCUT2D eigenvalue weighted by molar-refractivity contribution is -0.202. The van der Waals surface area contributed by atoms with E-state index in [2.05, 4.69) is 20.3 Å². The van der Waals surface area contributed by atoms with Crippen molar-refractivity contribution in [2.45, 2.75) is 81.9 Å². The van der Waals surface area contributed by atoms with Crippen LogP contribution in [0.1, 0.15) is 92.9 Å². The monoisotopic (exact) mass is 885 g/mol. The van der Waals surface area contributed by atoms with Crippen LogP contribution in [0.3, 0.4) is 0 Å². The van der Waals surface area contributed by atoms with E-state index in [1.54, 1.807) is 58.5 Å². The molecule has 0 radical (unpaired) electrons. The number of ether oxygens (including phenoxy) is 4. The van der Waals surface area contributed by atoms with Gasteiger partial charge in [-0.2, -0.15) is 8.78 Å². The first-order valence-electron chi connectivity index (χ1n) is 21.9. The smallest absolute Gasteiger partial charge is 0.410 e. The molecule has 3 atom stereocenters. The van der Waals surface area contributed by atoms with Crippen molar-refractivity contribution >= 4 is 29.1 Å². The summed E-state index contributed by atoms with van der Waals surface area (Å²) in [6.45, 7) is 6.92. The zero-order chi connectivity index (χ0) is 45.3. The number of fused-ring (bicyclic) bond motifs is 4. The molecule has 1 aliphatic carbocycles. The molecule has 3 saturated heterocycles. The van der Waals surface area contributed by atoms with Gasteiger partial charge in [0, 0.05) is 29.7 Å². The molecule has 3 N–H and O–H groups in total. The summed E-state index contributed by atoms with van der Waals surface area (Å²) in [5.41, 5.74) is 4.41. The Kier molecular flexibility index (Phi) is 10.5. The average molecular weight is 886 g/mol. The number of amides is 3. The van der Waals surface area contributed by atoms with Gasteiger partial charge in [-0.25, -0.2) is 19.6 Å². The Labute approximate surface area is 373 Å². The van der Waals surface area contributed by atoms with Crippen molar-refractivity contribution in [1.29, 1.82) is 0 Å². The number of carbonyl (C=O) groups excluding carboxylic acids is 3. The van der Waals surface area contributed by atoms with Crippen molar-refractivity contribution < 1.29 is 42.1 Å². The first-order valence-corrected chi connectivity index (χ1v) is 21.9. The first-order chi connectivity index (χ1) is 31.2. The Hall–Kier alpha value is -6.65. The molecule has 2 unspecified atom stereocenters. The van der Waals surface area contributed by atoms with Crippen molar-refractivity contribution in [3.8, 4) is 33.5 Å². The van der Waals surface area contributed by atoms with E-state index >= 15 is 8.78 Å². The van der Waals surface area contributed by atoms with Crippen molar-refractivity contribution in [1.82, 2.24) is 35.1 Å². The molecule has 2 aromatic heterocycles. The number of likely N-dealkylation sites (tertiary alicyclic amines) is 2. The molecule has 1 spiro atoms. The van der Waals surface area contributed by atoms with E-state index in [9.17, 15) is 14.4 Å². The number of nitrogens with one attached hydrogen (secondary N) is 3. The third-order valence-electron chi connectivity index (χ3n) is 12.8. The van der Waals surface area contributed by atoms with Gasteiger partial charge in [0.25, 0.3) is 11.8 Å². The fraction of sp³-hybridized carbons (Fsp3) is 0.367. The molecule has 16 heteroatoms. The van der Waals surface area contributed by atoms with Gasteiger partial charge in [0.15, 0.2) is 5.79 Å². The molecule has 336 valence electrons. The van der Waals surface area contributed by atoms with E-state index in [0.717, 1.165) is 6.42 Å². The highest BCUT2D eigenvalue weighted by Gasteiger charge is 2.49. The second-order valence-corrected chi connectivity index (χ2v) is 18.1. The van der Waals surface area contributed by atoms with Gasteiger partial charge in [-0.05, 0) is 92.1 Å². The molecule has 3 amide bonds.